The van der Waals surface area contributed by atoms with Crippen molar-refractivity contribution in [3.8, 4) is 0 Å². The number of carbonyl (C=O) groups excluding carboxylic acids is 1. The molecular weight excluding hydrogens is 210 g/mol. The first-order chi connectivity index (χ1) is 8.22. The van der Waals surface area contributed by atoms with E-state index < -0.39 is 0 Å². The summed E-state index contributed by atoms with van der Waals surface area (Å²) in [5.41, 5.74) is 7.41. The summed E-state index contributed by atoms with van der Waals surface area (Å²) >= 11 is 0. The number of benzene rings is 1. The van der Waals surface area contributed by atoms with E-state index in [0.29, 0.717) is 18.1 Å². The summed E-state index contributed by atoms with van der Waals surface area (Å²) in [5.74, 6) is 0.946. The molecule has 0 saturated heterocycles. The van der Waals surface area contributed by atoms with Gasteiger partial charge in [0.05, 0.1) is 0 Å². The fourth-order valence-corrected chi connectivity index (χ4v) is 2.78. The Labute approximate surface area is 103 Å². The van der Waals surface area contributed by atoms with Gasteiger partial charge in [-0.05, 0) is 30.7 Å². The zero-order valence-corrected chi connectivity index (χ0v) is 10.4. The lowest BCUT2D eigenvalue weighted by molar-refractivity contribution is -0.125. The standard InChI is InChI=1S/C15H21NO/c1-2-14(16)13-10-12(8-9-15(13)17)11-6-4-3-5-7-11/h3-7,12-14H,2,8-10,16H2,1H3. The molecule has 0 radical (unpaired) electrons. The van der Waals surface area contributed by atoms with Crippen LogP contribution in [-0.2, 0) is 4.79 Å². The topological polar surface area (TPSA) is 43.1 Å². The van der Waals surface area contributed by atoms with Crippen LogP contribution in [0.1, 0.15) is 44.1 Å². The largest absolute Gasteiger partial charge is 0.327 e. The van der Waals surface area contributed by atoms with Crippen LogP contribution in [0.4, 0.5) is 0 Å². The Kier molecular flexibility index (Phi) is 3.95. The number of carbonyl (C=O) groups is 1. The van der Waals surface area contributed by atoms with Crippen molar-refractivity contribution in [2.24, 2.45) is 11.7 Å². The molecule has 0 aliphatic heterocycles. The maximum absolute atomic E-state index is 11.9. The van der Waals surface area contributed by atoms with Gasteiger partial charge in [0.15, 0.2) is 0 Å². The van der Waals surface area contributed by atoms with Crippen LogP contribution in [0.2, 0.25) is 0 Å². The molecule has 1 fully saturated rings. The van der Waals surface area contributed by atoms with Crippen molar-refractivity contribution < 1.29 is 4.79 Å². The van der Waals surface area contributed by atoms with Gasteiger partial charge >= 0.3 is 0 Å². The van der Waals surface area contributed by atoms with Gasteiger partial charge < -0.3 is 5.73 Å². The van der Waals surface area contributed by atoms with E-state index >= 15 is 0 Å². The number of Topliss-reactive ketones (excluding diaryl/α,β-unsaturated/α-hetero) is 1. The predicted molar refractivity (Wildman–Crippen MR) is 69.8 cm³/mol. The van der Waals surface area contributed by atoms with Gasteiger partial charge in [-0.25, -0.2) is 0 Å². The van der Waals surface area contributed by atoms with Crippen molar-refractivity contribution in [1.82, 2.24) is 0 Å². The highest BCUT2D eigenvalue weighted by atomic mass is 16.1. The molecule has 1 aliphatic carbocycles. The van der Waals surface area contributed by atoms with Gasteiger partial charge in [0.25, 0.3) is 0 Å². The molecule has 1 aromatic carbocycles. The Bertz CT molecular complexity index is 374. The fourth-order valence-electron chi connectivity index (χ4n) is 2.78. The molecule has 0 aromatic heterocycles. The van der Waals surface area contributed by atoms with Gasteiger partial charge in [-0.2, -0.15) is 0 Å². The molecule has 3 unspecified atom stereocenters. The highest BCUT2D eigenvalue weighted by Gasteiger charge is 2.32. The minimum absolute atomic E-state index is 0.0361. The first-order valence-electron chi connectivity index (χ1n) is 6.55. The molecule has 0 bridgehead atoms. The smallest absolute Gasteiger partial charge is 0.137 e. The third-order valence-electron chi connectivity index (χ3n) is 3.95. The zero-order chi connectivity index (χ0) is 12.3. The van der Waals surface area contributed by atoms with E-state index in [4.69, 9.17) is 5.73 Å². The first-order valence-corrected chi connectivity index (χ1v) is 6.55. The van der Waals surface area contributed by atoms with Gasteiger partial charge in [0, 0.05) is 18.4 Å². The summed E-state index contributed by atoms with van der Waals surface area (Å²) in [6, 6.07) is 10.5. The van der Waals surface area contributed by atoms with Crippen molar-refractivity contribution in [1.29, 1.82) is 0 Å². The number of nitrogens with two attached hydrogens (primary N) is 1. The van der Waals surface area contributed by atoms with Gasteiger partial charge in [-0.3, -0.25) is 4.79 Å². The Hall–Kier alpha value is -1.15. The molecule has 1 saturated carbocycles. The van der Waals surface area contributed by atoms with Crippen molar-refractivity contribution >= 4 is 5.78 Å². The molecule has 2 heteroatoms. The second kappa shape index (κ2) is 5.46. The monoisotopic (exact) mass is 231 g/mol. The molecule has 92 valence electrons. The van der Waals surface area contributed by atoms with Crippen molar-refractivity contribution in [2.45, 2.75) is 44.6 Å². The molecule has 17 heavy (non-hydrogen) atoms. The molecule has 2 nitrogen and oxygen atoms in total. The molecule has 1 aromatic rings. The minimum Gasteiger partial charge on any atom is -0.327 e. The SMILES string of the molecule is CCC(N)C1CC(c2ccccc2)CCC1=O. The molecule has 2 N–H and O–H groups in total. The highest BCUT2D eigenvalue weighted by Crippen LogP contribution is 2.35. The van der Waals surface area contributed by atoms with Gasteiger partial charge in [0.1, 0.15) is 5.78 Å². The second-order valence-electron chi connectivity index (χ2n) is 5.03. The highest BCUT2D eigenvalue weighted by molar-refractivity contribution is 5.82. The van der Waals surface area contributed by atoms with E-state index in [1.807, 2.05) is 6.07 Å². The molecule has 0 spiro atoms. The molecule has 1 aliphatic rings. The van der Waals surface area contributed by atoms with E-state index in [-0.39, 0.29) is 12.0 Å². The maximum atomic E-state index is 11.9. The maximum Gasteiger partial charge on any atom is 0.137 e. The summed E-state index contributed by atoms with van der Waals surface area (Å²) < 4.78 is 0. The van der Waals surface area contributed by atoms with Gasteiger partial charge in [-0.15, -0.1) is 0 Å². The van der Waals surface area contributed by atoms with Gasteiger partial charge in [0.2, 0.25) is 0 Å². The number of ketones is 1. The van der Waals surface area contributed by atoms with E-state index in [2.05, 4.69) is 31.2 Å². The summed E-state index contributed by atoms with van der Waals surface area (Å²) in [7, 11) is 0. The quantitative estimate of drug-likeness (QED) is 0.869. The van der Waals surface area contributed by atoms with E-state index in [1.165, 1.54) is 5.56 Å². The molecule has 0 amide bonds. The summed E-state index contributed by atoms with van der Waals surface area (Å²) in [5, 5.41) is 0. The number of rotatable bonds is 3. The normalized spacial score (nSPS) is 26.8. The van der Waals surface area contributed by atoms with Crippen LogP contribution in [0.3, 0.4) is 0 Å². The summed E-state index contributed by atoms with van der Waals surface area (Å²) in [6.45, 7) is 2.06. The lowest BCUT2D eigenvalue weighted by Gasteiger charge is -2.31. The van der Waals surface area contributed by atoms with Gasteiger partial charge in [-0.1, -0.05) is 37.3 Å². The van der Waals surface area contributed by atoms with Crippen LogP contribution in [-0.4, -0.2) is 11.8 Å². The van der Waals surface area contributed by atoms with E-state index in [9.17, 15) is 4.79 Å². The van der Waals surface area contributed by atoms with Crippen LogP contribution < -0.4 is 5.73 Å². The Balaban J connectivity index is 2.10. The van der Waals surface area contributed by atoms with Crippen molar-refractivity contribution in [3.05, 3.63) is 35.9 Å². The fraction of sp³-hybridized carbons (Fsp3) is 0.533. The van der Waals surface area contributed by atoms with Crippen LogP contribution in [0.15, 0.2) is 30.3 Å². The average molecular weight is 231 g/mol. The predicted octanol–water partition coefficient (Wildman–Crippen LogP) is 2.88. The Morgan fingerprint density at radius 2 is 2.06 bits per heavy atom. The van der Waals surface area contributed by atoms with Crippen molar-refractivity contribution in [2.75, 3.05) is 0 Å². The summed E-state index contributed by atoms with van der Waals surface area (Å²) in [4.78, 5) is 11.9. The van der Waals surface area contributed by atoms with E-state index in [1.54, 1.807) is 0 Å². The van der Waals surface area contributed by atoms with Crippen molar-refractivity contribution in [3.63, 3.8) is 0 Å². The first kappa shape index (κ1) is 12.3. The van der Waals surface area contributed by atoms with Crippen LogP contribution in [0, 0.1) is 5.92 Å². The average Bonchev–Trinajstić information content (AvgIpc) is 2.39. The Morgan fingerprint density at radius 1 is 1.35 bits per heavy atom. The van der Waals surface area contributed by atoms with Crippen LogP contribution in [0.25, 0.3) is 0 Å². The third kappa shape index (κ3) is 2.75. The van der Waals surface area contributed by atoms with E-state index in [0.717, 1.165) is 19.3 Å². The number of hydrogen-bond acceptors (Lipinski definition) is 2. The lowest BCUT2D eigenvalue weighted by atomic mass is 9.74. The molecule has 2 rings (SSSR count). The van der Waals surface area contributed by atoms with Crippen LogP contribution >= 0.6 is 0 Å². The second-order valence-corrected chi connectivity index (χ2v) is 5.03. The summed E-state index contributed by atoms with van der Waals surface area (Å²) in [6.07, 6.45) is 3.49. The Morgan fingerprint density at radius 3 is 2.71 bits per heavy atom. The third-order valence-corrected chi connectivity index (χ3v) is 3.95. The molecule has 0 heterocycles. The lowest BCUT2D eigenvalue weighted by Crippen LogP contribution is -2.38. The van der Waals surface area contributed by atoms with Crippen LogP contribution in [0.5, 0.6) is 0 Å². The molecule has 3 atom stereocenters. The number of hydrogen-bond donors (Lipinski definition) is 1. The molecular formula is C15H21NO. The minimum atomic E-state index is 0.0361. The zero-order valence-electron chi connectivity index (χ0n) is 10.4.